The lowest BCUT2D eigenvalue weighted by atomic mass is 10.0. The number of rotatable bonds is 8. The highest BCUT2D eigenvalue weighted by Gasteiger charge is 2.32. The second-order valence-electron chi connectivity index (χ2n) is 8.20. The number of aryl methyl sites for hydroxylation is 2. The normalized spacial score (nSPS) is 15.6. The Morgan fingerprint density at radius 1 is 1.32 bits per heavy atom. The fourth-order valence-corrected chi connectivity index (χ4v) is 6.37. The number of carbonyl (C=O) groups excluding carboxylic acids is 1. The molecule has 3 heterocycles. The van der Waals surface area contributed by atoms with E-state index in [4.69, 9.17) is 14.5 Å². The van der Waals surface area contributed by atoms with Crippen molar-refractivity contribution in [3.63, 3.8) is 0 Å². The van der Waals surface area contributed by atoms with E-state index in [0.717, 1.165) is 45.2 Å². The number of ether oxygens (including phenoxy) is 2. The summed E-state index contributed by atoms with van der Waals surface area (Å²) in [5.74, 6) is 1.68. The van der Waals surface area contributed by atoms with Gasteiger partial charge in [0.1, 0.15) is 16.3 Å². The fraction of sp³-hybridized carbons (Fsp3) is 0.400. The minimum absolute atomic E-state index is 0.00964. The molecule has 34 heavy (non-hydrogen) atoms. The standard InChI is InChI=1S/C25H29N3O4S2/c1-6-11-28-24(30)22-15(2)16(3)34-23(22)26-25(28)33-14-21(29)27-12-7-8-19(27)18-13-17(31-4)9-10-20(18)32-5/h6,9-10,13,19H,1,7-8,11-12,14H2,2-5H3/t19-/m0/s1. The van der Waals surface area contributed by atoms with Crippen molar-refractivity contribution in [2.45, 2.75) is 44.4 Å². The van der Waals surface area contributed by atoms with Crippen molar-refractivity contribution in [3.05, 3.63) is 57.2 Å². The molecule has 1 aliphatic rings. The highest BCUT2D eigenvalue weighted by Crippen LogP contribution is 2.39. The van der Waals surface area contributed by atoms with Crippen LogP contribution in [0.1, 0.15) is 34.9 Å². The maximum absolute atomic E-state index is 13.3. The number of nitrogens with zero attached hydrogens (tertiary/aromatic N) is 3. The number of allylic oxidation sites excluding steroid dienone is 1. The topological polar surface area (TPSA) is 73.7 Å². The lowest BCUT2D eigenvalue weighted by Crippen LogP contribution is -2.32. The number of carbonyl (C=O) groups is 1. The molecule has 1 aromatic carbocycles. The number of hydrogen-bond donors (Lipinski definition) is 0. The summed E-state index contributed by atoms with van der Waals surface area (Å²) in [6.45, 7) is 8.76. The molecule has 1 saturated heterocycles. The molecule has 0 unspecified atom stereocenters. The Morgan fingerprint density at radius 3 is 2.82 bits per heavy atom. The Morgan fingerprint density at radius 2 is 2.12 bits per heavy atom. The van der Waals surface area contributed by atoms with Crippen LogP contribution >= 0.6 is 23.1 Å². The first kappa shape index (κ1) is 24.3. The average molecular weight is 500 g/mol. The first-order valence-corrected chi connectivity index (χ1v) is 12.9. The summed E-state index contributed by atoms with van der Waals surface area (Å²) >= 11 is 2.82. The van der Waals surface area contributed by atoms with Gasteiger partial charge in [-0.25, -0.2) is 4.98 Å². The Kier molecular flexibility index (Phi) is 7.33. The number of likely N-dealkylation sites (tertiary alicyclic amines) is 1. The van der Waals surface area contributed by atoms with Gasteiger partial charge in [-0.15, -0.1) is 17.9 Å². The van der Waals surface area contributed by atoms with Crippen LogP contribution in [0.5, 0.6) is 11.5 Å². The van der Waals surface area contributed by atoms with Crippen LogP contribution in [-0.2, 0) is 11.3 Å². The number of amides is 1. The number of thioether (sulfide) groups is 1. The Bertz CT molecular complexity index is 1300. The van der Waals surface area contributed by atoms with Crippen LogP contribution in [0.25, 0.3) is 10.2 Å². The van der Waals surface area contributed by atoms with Gasteiger partial charge in [-0.3, -0.25) is 14.2 Å². The zero-order valence-corrected chi connectivity index (χ0v) is 21.6. The van der Waals surface area contributed by atoms with Gasteiger partial charge >= 0.3 is 0 Å². The van der Waals surface area contributed by atoms with Gasteiger partial charge in [0.05, 0.1) is 31.4 Å². The number of fused-ring (bicyclic) bond motifs is 1. The monoisotopic (exact) mass is 499 g/mol. The van der Waals surface area contributed by atoms with Gasteiger partial charge in [-0.2, -0.15) is 0 Å². The summed E-state index contributed by atoms with van der Waals surface area (Å²) in [6.07, 6.45) is 3.46. The number of thiophene rings is 1. The van der Waals surface area contributed by atoms with Crippen LogP contribution in [0.3, 0.4) is 0 Å². The Labute approximate surface area is 207 Å². The van der Waals surface area contributed by atoms with E-state index in [-0.39, 0.29) is 23.3 Å². The van der Waals surface area contributed by atoms with E-state index in [2.05, 4.69) is 6.58 Å². The number of methoxy groups -OCH3 is 2. The molecule has 1 atom stereocenters. The number of benzene rings is 1. The molecule has 2 aromatic heterocycles. The Balaban J connectivity index is 1.60. The van der Waals surface area contributed by atoms with E-state index < -0.39 is 0 Å². The molecule has 4 rings (SSSR count). The highest BCUT2D eigenvalue weighted by molar-refractivity contribution is 7.99. The smallest absolute Gasteiger partial charge is 0.263 e. The first-order valence-electron chi connectivity index (χ1n) is 11.1. The zero-order chi connectivity index (χ0) is 24.4. The number of aromatic nitrogens is 2. The van der Waals surface area contributed by atoms with Gasteiger partial charge in [0, 0.05) is 23.5 Å². The van der Waals surface area contributed by atoms with Gasteiger partial charge in [-0.1, -0.05) is 17.8 Å². The van der Waals surface area contributed by atoms with Crippen molar-refractivity contribution in [2.75, 3.05) is 26.5 Å². The third-order valence-electron chi connectivity index (χ3n) is 6.26. The average Bonchev–Trinajstić information content (AvgIpc) is 3.44. The van der Waals surface area contributed by atoms with Crippen LogP contribution in [0.15, 0.2) is 40.8 Å². The van der Waals surface area contributed by atoms with Gasteiger partial charge < -0.3 is 14.4 Å². The molecule has 0 N–H and O–H groups in total. The lowest BCUT2D eigenvalue weighted by molar-refractivity contribution is -0.129. The molecule has 1 aliphatic heterocycles. The summed E-state index contributed by atoms with van der Waals surface area (Å²) in [6, 6.07) is 5.60. The van der Waals surface area contributed by atoms with Crippen molar-refractivity contribution < 1.29 is 14.3 Å². The van der Waals surface area contributed by atoms with E-state index in [0.29, 0.717) is 23.6 Å². The van der Waals surface area contributed by atoms with Gasteiger partial charge in [0.15, 0.2) is 5.16 Å². The molecule has 0 saturated carbocycles. The maximum atomic E-state index is 13.3. The Hall–Kier alpha value is -2.78. The minimum Gasteiger partial charge on any atom is -0.497 e. The summed E-state index contributed by atoms with van der Waals surface area (Å²) < 4.78 is 12.6. The number of hydrogen-bond acceptors (Lipinski definition) is 7. The summed E-state index contributed by atoms with van der Waals surface area (Å²) in [5, 5.41) is 1.20. The molecule has 0 bridgehead atoms. The van der Waals surface area contributed by atoms with E-state index in [1.165, 1.54) is 23.1 Å². The summed E-state index contributed by atoms with van der Waals surface area (Å²) in [4.78, 5) is 35.0. The second kappa shape index (κ2) is 10.2. The van der Waals surface area contributed by atoms with Gasteiger partial charge in [0.25, 0.3) is 5.56 Å². The predicted molar refractivity (Wildman–Crippen MR) is 138 cm³/mol. The summed E-state index contributed by atoms with van der Waals surface area (Å²) in [7, 11) is 3.26. The fourth-order valence-electron chi connectivity index (χ4n) is 4.41. The first-order chi connectivity index (χ1) is 16.4. The van der Waals surface area contributed by atoms with Crippen molar-refractivity contribution in [1.82, 2.24) is 14.5 Å². The largest absolute Gasteiger partial charge is 0.497 e. The van der Waals surface area contributed by atoms with Crippen LogP contribution < -0.4 is 15.0 Å². The molecule has 7 nitrogen and oxygen atoms in total. The molecular weight excluding hydrogens is 470 g/mol. The molecule has 9 heteroatoms. The quantitative estimate of drug-likeness (QED) is 0.253. The summed E-state index contributed by atoms with van der Waals surface area (Å²) in [5.41, 5.74) is 1.84. The van der Waals surface area contributed by atoms with Crippen molar-refractivity contribution in [3.8, 4) is 11.5 Å². The van der Waals surface area contributed by atoms with Crippen LogP contribution in [0.2, 0.25) is 0 Å². The van der Waals surface area contributed by atoms with Crippen LogP contribution in [0.4, 0.5) is 0 Å². The SMILES string of the molecule is C=CCn1c(SCC(=O)N2CCC[C@H]2c2cc(OC)ccc2OC)nc2sc(C)c(C)c2c1=O. The molecule has 1 amide bonds. The highest BCUT2D eigenvalue weighted by atomic mass is 32.2. The molecule has 1 fully saturated rings. The molecule has 3 aromatic rings. The van der Waals surface area contributed by atoms with Gasteiger partial charge in [-0.05, 0) is 50.5 Å². The van der Waals surface area contributed by atoms with E-state index in [9.17, 15) is 9.59 Å². The minimum atomic E-state index is -0.0816. The van der Waals surface area contributed by atoms with Crippen LogP contribution in [0, 0.1) is 13.8 Å². The zero-order valence-electron chi connectivity index (χ0n) is 19.9. The van der Waals surface area contributed by atoms with Crippen molar-refractivity contribution in [2.24, 2.45) is 0 Å². The molecule has 0 radical (unpaired) electrons. The van der Waals surface area contributed by atoms with E-state index in [1.54, 1.807) is 24.9 Å². The molecule has 0 aliphatic carbocycles. The molecular formula is C25H29N3O4S2. The third kappa shape index (κ3) is 4.46. The third-order valence-corrected chi connectivity index (χ3v) is 8.32. The van der Waals surface area contributed by atoms with Gasteiger partial charge in [0.2, 0.25) is 5.91 Å². The maximum Gasteiger partial charge on any atom is 0.263 e. The van der Waals surface area contributed by atoms with E-state index in [1.807, 2.05) is 36.9 Å². The van der Waals surface area contributed by atoms with Crippen molar-refractivity contribution >= 4 is 39.2 Å². The van der Waals surface area contributed by atoms with E-state index >= 15 is 0 Å². The predicted octanol–water partition coefficient (Wildman–Crippen LogP) is 4.73. The van der Waals surface area contributed by atoms with Crippen LogP contribution in [-0.4, -0.2) is 46.9 Å². The van der Waals surface area contributed by atoms with Crippen molar-refractivity contribution in [1.29, 1.82) is 0 Å². The second-order valence-corrected chi connectivity index (χ2v) is 10.3. The lowest BCUT2D eigenvalue weighted by Gasteiger charge is -2.26. The molecule has 0 spiro atoms. The molecule has 180 valence electrons.